The zero-order valence-corrected chi connectivity index (χ0v) is 9.61. The molecule has 1 rings (SSSR count). The van der Waals surface area contributed by atoms with Gasteiger partial charge in [-0.2, -0.15) is 0 Å². The lowest BCUT2D eigenvalue weighted by molar-refractivity contribution is -0.137. The molecule has 0 spiro atoms. The summed E-state index contributed by atoms with van der Waals surface area (Å²) in [6, 6.07) is 0.383. The van der Waals surface area contributed by atoms with Gasteiger partial charge in [-0.3, -0.25) is 9.69 Å². The van der Waals surface area contributed by atoms with Crippen LogP contribution in [0.15, 0.2) is 0 Å². The molecular formula is C11H21NO3. The van der Waals surface area contributed by atoms with E-state index >= 15 is 0 Å². The Morgan fingerprint density at radius 3 is 2.80 bits per heavy atom. The first-order valence-corrected chi connectivity index (χ1v) is 5.67. The van der Waals surface area contributed by atoms with Crippen LogP contribution >= 0.6 is 0 Å². The highest BCUT2D eigenvalue weighted by Gasteiger charge is 2.20. The molecule has 4 heteroatoms. The average Bonchev–Trinajstić information content (AvgIpc) is 2.63. The van der Waals surface area contributed by atoms with Crippen molar-refractivity contribution in [2.75, 3.05) is 19.7 Å². The number of ether oxygens (including phenoxy) is 1. The summed E-state index contributed by atoms with van der Waals surface area (Å²) in [5, 5.41) is 8.65. The molecule has 1 saturated heterocycles. The lowest BCUT2D eigenvalue weighted by Gasteiger charge is -2.28. The van der Waals surface area contributed by atoms with Crippen LogP contribution in [-0.4, -0.2) is 47.8 Å². The van der Waals surface area contributed by atoms with E-state index in [-0.39, 0.29) is 6.42 Å². The van der Waals surface area contributed by atoms with Crippen molar-refractivity contribution >= 4 is 5.97 Å². The Morgan fingerprint density at radius 2 is 2.33 bits per heavy atom. The zero-order valence-electron chi connectivity index (χ0n) is 9.61. The first-order valence-electron chi connectivity index (χ1n) is 5.67. The van der Waals surface area contributed by atoms with Crippen LogP contribution < -0.4 is 0 Å². The second kappa shape index (κ2) is 6.08. The molecule has 4 nitrogen and oxygen atoms in total. The van der Waals surface area contributed by atoms with E-state index in [4.69, 9.17) is 9.84 Å². The molecule has 0 aliphatic carbocycles. The SMILES string of the molecule is CC(C)N(CCC(=O)O)CC1CCCO1. The minimum absolute atomic E-state index is 0.213. The number of nitrogens with zero attached hydrogens (tertiary/aromatic N) is 1. The molecule has 1 aliphatic rings. The predicted octanol–water partition coefficient (Wildman–Crippen LogP) is 1.35. The molecule has 0 aromatic heterocycles. The Hall–Kier alpha value is -0.610. The predicted molar refractivity (Wildman–Crippen MR) is 57.9 cm³/mol. The first-order chi connectivity index (χ1) is 7.09. The molecule has 0 saturated carbocycles. The molecule has 0 aromatic carbocycles. The molecule has 1 N–H and O–H groups in total. The summed E-state index contributed by atoms with van der Waals surface area (Å²) in [6.07, 6.45) is 2.76. The lowest BCUT2D eigenvalue weighted by atomic mass is 10.2. The van der Waals surface area contributed by atoms with Crippen molar-refractivity contribution in [2.24, 2.45) is 0 Å². The Balaban J connectivity index is 2.32. The number of rotatable bonds is 6. The minimum Gasteiger partial charge on any atom is -0.481 e. The third-order valence-electron chi connectivity index (χ3n) is 2.81. The third kappa shape index (κ3) is 4.62. The van der Waals surface area contributed by atoms with Crippen LogP contribution in [-0.2, 0) is 9.53 Å². The second-order valence-corrected chi connectivity index (χ2v) is 4.37. The summed E-state index contributed by atoms with van der Waals surface area (Å²) in [5.41, 5.74) is 0. The molecule has 0 bridgehead atoms. The fourth-order valence-electron chi connectivity index (χ4n) is 1.85. The summed E-state index contributed by atoms with van der Waals surface area (Å²) in [6.45, 7) is 6.53. The van der Waals surface area contributed by atoms with Crippen LogP contribution in [0.1, 0.15) is 33.1 Å². The number of hydrogen-bond acceptors (Lipinski definition) is 3. The highest BCUT2D eigenvalue weighted by atomic mass is 16.5. The first kappa shape index (κ1) is 12.5. The fraction of sp³-hybridized carbons (Fsp3) is 0.909. The van der Waals surface area contributed by atoms with Gasteiger partial charge in [0.2, 0.25) is 0 Å². The van der Waals surface area contributed by atoms with Gasteiger partial charge in [-0.25, -0.2) is 0 Å². The van der Waals surface area contributed by atoms with Crippen molar-refractivity contribution in [2.45, 2.75) is 45.3 Å². The Kier molecular flexibility index (Phi) is 5.05. The zero-order chi connectivity index (χ0) is 11.3. The molecule has 1 fully saturated rings. The van der Waals surface area contributed by atoms with Gasteiger partial charge in [0.1, 0.15) is 0 Å². The maximum atomic E-state index is 10.5. The quantitative estimate of drug-likeness (QED) is 0.726. The molecule has 1 heterocycles. The van der Waals surface area contributed by atoms with Crippen molar-refractivity contribution in [3.8, 4) is 0 Å². The number of hydrogen-bond donors (Lipinski definition) is 1. The van der Waals surface area contributed by atoms with Crippen molar-refractivity contribution in [3.63, 3.8) is 0 Å². The summed E-state index contributed by atoms with van der Waals surface area (Å²) in [4.78, 5) is 12.7. The van der Waals surface area contributed by atoms with Crippen LogP contribution in [0.3, 0.4) is 0 Å². The smallest absolute Gasteiger partial charge is 0.304 e. The fourth-order valence-corrected chi connectivity index (χ4v) is 1.85. The van der Waals surface area contributed by atoms with Gasteiger partial charge < -0.3 is 9.84 Å². The van der Waals surface area contributed by atoms with E-state index in [1.54, 1.807) is 0 Å². The van der Waals surface area contributed by atoms with Crippen LogP contribution in [0.2, 0.25) is 0 Å². The second-order valence-electron chi connectivity index (χ2n) is 4.37. The molecule has 88 valence electrons. The van der Waals surface area contributed by atoms with Gasteiger partial charge in [0.15, 0.2) is 0 Å². The summed E-state index contributed by atoms with van der Waals surface area (Å²) < 4.78 is 5.55. The minimum atomic E-state index is -0.729. The summed E-state index contributed by atoms with van der Waals surface area (Å²) in [7, 11) is 0. The topological polar surface area (TPSA) is 49.8 Å². The van der Waals surface area contributed by atoms with E-state index in [0.717, 1.165) is 26.0 Å². The number of carboxylic acid groups (broad SMARTS) is 1. The van der Waals surface area contributed by atoms with Crippen molar-refractivity contribution < 1.29 is 14.6 Å². The number of carboxylic acids is 1. The van der Waals surface area contributed by atoms with E-state index in [9.17, 15) is 4.79 Å². The highest BCUT2D eigenvalue weighted by molar-refractivity contribution is 5.66. The van der Waals surface area contributed by atoms with Gasteiger partial charge in [0, 0.05) is 25.7 Å². The van der Waals surface area contributed by atoms with E-state index in [0.29, 0.717) is 18.7 Å². The van der Waals surface area contributed by atoms with Gasteiger partial charge >= 0.3 is 5.97 Å². The molecule has 0 radical (unpaired) electrons. The third-order valence-corrected chi connectivity index (χ3v) is 2.81. The standard InChI is InChI=1S/C11H21NO3/c1-9(2)12(6-5-11(13)14)8-10-4-3-7-15-10/h9-10H,3-8H2,1-2H3,(H,13,14). The number of aliphatic carboxylic acids is 1. The van der Waals surface area contributed by atoms with Gasteiger partial charge in [0.05, 0.1) is 12.5 Å². The van der Waals surface area contributed by atoms with E-state index < -0.39 is 5.97 Å². The maximum absolute atomic E-state index is 10.5. The molecule has 1 atom stereocenters. The Morgan fingerprint density at radius 1 is 1.60 bits per heavy atom. The summed E-state index contributed by atoms with van der Waals surface area (Å²) in [5.74, 6) is -0.729. The molecule has 0 amide bonds. The molecule has 15 heavy (non-hydrogen) atoms. The highest BCUT2D eigenvalue weighted by Crippen LogP contribution is 2.14. The summed E-state index contributed by atoms with van der Waals surface area (Å²) >= 11 is 0. The maximum Gasteiger partial charge on any atom is 0.304 e. The van der Waals surface area contributed by atoms with Crippen LogP contribution in [0.25, 0.3) is 0 Å². The largest absolute Gasteiger partial charge is 0.481 e. The Bertz CT molecular complexity index is 200. The van der Waals surface area contributed by atoms with Gasteiger partial charge in [0.25, 0.3) is 0 Å². The lowest BCUT2D eigenvalue weighted by Crippen LogP contribution is -2.38. The van der Waals surface area contributed by atoms with Crippen molar-refractivity contribution in [1.29, 1.82) is 0 Å². The normalized spacial score (nSPS) is 21.5. The van der Waals surface area contributed by atoms with E-state index in [2.05, 4.69) is 18.7 Å². The van der Waals surface area contributed by atoms with E-state index in [1.165, 1.54) is 0 Å². The average molecular weight is 215 g/mol. The monoisotopic (exact) mass is 215 g/mol. The van der Waals surface area contributed by atoms with Crippen LogP contribution in [0.5, 0.6) is 0 Å². The molecule has 1 aliphatic heterocycles. The molecular weight excluding hydrogens is 194 g/mol. The molecule has 0 aromatic rings. The van der Waals surface area contributed by atoms with E-state index in [1.807, 2.05) is 0 Å². The Labute approximate surface area is 91.2 Å². The van der Waals surface area contributed by atoms with Gasteiger partial charge in [-0.15, -0.1) is 0 Å². The van der Waals surface area contributed by atoms with Crippen LogP contribution in [0.4, 0.5) is 0 Å². The molecule has 1 unspecified atom stereocenters. The number of carbonyl (C=O) groups is 1. The van der Waals surface area contributed by atoms with Crippen molar-refractivity contribution in [1.82, 2.24) is 4.90 Å². The van der Waals surface area contributed by atoms with Crippen LogP contribution in [0, 0.1) is 0 Å². The van der Waals surface area contributed by atoms with Crippen molar-refractivity contribution in [3.05, 3.63) is 0 Å². The van der Waals surface area contributed by atoms with Gasteiger partial charge in [-0.1, -0.05) is 0 Å². The van der Waals surface area contributed by atoms with Gasteiger partial charge in [-0.05, 0) is 26.7 Å².